The molecule has 1 aromatic carbocycles. The Morgan fingerprint density at radius 3 is 2.62 bits per heavy atom. The number of benzene rings is 1. The van der Waals surface area contributed by atoms with E-state index in [0.717, 1.165) is 12.1 Å². The number of β-amino-alcohol motifs (C(OH)–C–C–N with tert-alkyl or cyclic N) is 1. The van der Waals surface area contributed by atoms with Gasteiger partial charge in [0.05, 0.1) is 30.9 Å². The number of amides is 2. The number of ether oxygens (including phenoxy) is 1. The van der Waals surface area contributed by atoms with Crippen LogP contribution in [-0.2, 0) is 10.9 Å². The molecule has 2 saturated heterocycles. The zero-order valence-electron chi connectivity index (χ0n) is 13.0. The predicted octanol–water partition coefficient (Wildman–Crippen LogP) is 2.27. The molecule has 1 N–H and O–H groups in total. The van der Waals surface area contributed by atoms with Crippen LogP contribution < -0.4 is 0 Å². The van der Waals surface area contributed by atoms with Gasteiger partial charge in [0, 0.05) is 19.6 Å². The van der Waals surface area contributed by atoms with Crippen LogP contribution in [0.4, 0.5) is 18.0 Å². The maximum Gasteiger partial charge on any atom is 0.416 e. The van der Waals surface area contributed by atoms with E-state index in [1.165, 1.54) is 11.0 Å². The molecule has 0 spiro atoms. The number of hydrogen-bond acceptors (Lipinski definition) is 3. The highest BCUT2D eigenvalue weighted by molar-refractivity contribution is 5.75. The summed E-state index contributed by atoms with van der Waals surface area (Å²) in [5.41, 5.74) is -0.358. The van der Waals surface area contributed by atoms with Crippen LogP contribution >= 0.6 is 0 Å². The molecule has 0 aliphatic carbocycles. The van der Waals surface area contributed by atoms with Crippen molar-refractivity contribution in [3.8, 4) is 0 Å². The Hall–Kier alpha value is -1.80. The zero-order chi connectivity index (χ0) is 17.3. The highest BCUT2D eigenvalue weighted by Crippen LogP contribution is 2.36. The Bertz CT molecular complexity index is 602. The molecule has 2 heterocycles. The summed E-state index contributed by atoms with van der Waals surface area (Å²) in [6.07, 6.45) is -4.95. The first-order valence-corrected chi connectivity index (χ1v) is 7.85. The Morgan fingerprint density at radius 2 is 1.96 bits per heavy atom. The summed E-state index contributed by atoms with van der Waals surface area (Å²) >= 11 is 0. The number of carbonyl (C=O) groups is 1. The molecular formula is C16H19F3N2O3. The smallest absolute Gasteiger partial charge is 0.391 e. The minimum atomic E-state index is -4.44. The van der Waals surface area contributed by atoms with E-state index < -0.39 is 23.9 Å². The van der Waals surface area contributed by atoms with Gasteiger partial charge in [0.25, 0.3) is 0 Å². The molecule has 2 aliphatic rings. The third kappa shape index (κ3) is 3.49. The first-order chi connectivity index (χ1) is 11.4. The normalized spacial score (nSPS) is 25.2. The van der Waals surface area contributed by atoms with Crippen molar-refractivity contribution in [1.29, 1.82) is 0 Å². The molecule has 2 aliphatic heterocycles. The van der Waals surface area contributed by atoms with Gasteiger partial charge in [0.2, 0.25) is 0 Å². The molecular weight excluding hydrogens is 325 g/mol. The van der Waals surface area contributed by atoms with Crippen LogP contribution in [0.5, 0.6) is 0 Å². The molecule has 3 rings (SSSR count). The number of likely N-dealkylation sites (tertiary alicyclic amines) is 1. The van der Waals surface area contributed by atoms with E-state index in [-0.39, 0.29) is 19.0 Å². The van der Waals surface area contributed by atoms with Crippen molar-refractivity contribution in [2.75, 3.05) is 32.8 Å². The van der Waals surface area contributed by atoms with Gasteiger partial charge in [-0.2, -0.15) is 13.2 Å². The molecule has 1 aromatic rings. The summed E-state index contributed by atoms with van der Waals surface area (Å²) in [7, 11) is 0. The molecule has 0 bridgehead atoms. The van der Waals surface area contributed by atoms with Crippen LogP contribution in [0.1, 0.15) is 23.6 Å². The van der Waals surface area contributed by atoms with E-state index in [4.69, 9.17) is 4.74 Å². The first kappa shape index (κ1) is 17.0. The number of aliphatic hydroxyl groups excluding tert-OH is 1. The number of carbonyl (C=O) groups excluding carboxylic acids is 1. The summed E-state index contributed by atoms with van der Waals surface area (Å²) in [5, 5.41) is 9.95. The largest absolute Gasteiger partial charge is 0.416 e. The quantitative estimate of drug-likeness (QED) is 0.850. The van der Waals surface area contributed by atoms with Crippen LogP contribution in [0.25, 0.3) is 0 Å². The average Bonchev–Trinajstić information content (AvgIpc) is 2.96. The molecule has 0 radical (unpaired) electrons. The monoisotopic (exact) mass is 344 g/mol. The number of nitrogens with zero attached hydrogens (tertiary/aromatic N) is 2. The molecule has 2 unspecified atom stereocenters. The number of halogens is 3. The van der Waals surface area contributed by atoms with Crippen LogP contribution in [0, 0.1) is 0 Å². The van der Waals surface area contributed by atoms with Gasteiger partial charge in [-0.1, -0.05) is 12.1 Å². The maximum absolute atomic E-state index is 12.9. The molecule has 132 valence electrons. The van der Waals surface area contributed by atoms with Crippen molar-refractivity contribution in [2.45, 2.75) is 24.7 Å². The van der Waals surface area contributed by atoms with Crippen molar-refractivity contribution >= 4 is 6.03 Å². The van der Waals surface area contributed by atoms with Gasteiger partial charge in [-0.05, 0) is 24.1 Å². The highest BCUT2D eigenvalue weighted by Gasteiger charge is 2.39. The molecule has 0 aromatic heterocycles. The van der Waals surface area contributed by atoms with Gasteiger partial charge in [0.15, 0.2) is 0 Å². The second kappa shape index (κ2) is 6.60. The summed E-state index contributed by atoms with van der Waals surface area (Å²) in [6.45, 7) is 1.89. The first-order valence-electron chi connectivity index (χ1n) is 7.85. The number of rotatable bonds is 1. The number of alkyl halides is 3. The Labute approximate surface area is 137 Å². The number of hydrogen-bond donors (Lipinski definition) is 1. The predicted molar refractivity (Wildman–Crippen MR) is 79.3 cm³/mol. The lowest BCUT2D eigenvalue weighted by Crippen LogP contribution is -2.48. The average molecular weight is 344 g/mol. The minimum Gasteiger partial charge on any atom is -0.391 e. The van der Waals surface area contributed by atoms with E-state index in [0.29, 0.717) is 31.9 Å². The Kier molecular flexibility index (Phi) is 4.69. The molecule has 0 saturated carbocycles. The lowest BCUT2D eigenvalue weighted by atomic mass is 10.0. The van der Waals surface area contributed by atoms with Crippen LogP contribution in [-0.4, -0.2) is 59.9 Å². The lowest BCUT2D eigenvalue weighted by Gasteiger charge is -2.34. The van der Waals surface area contributed by atoms with Crippen molar-refractivity contribution in [1.82, 2.24) is 9.80 Å². The van der Waals surface area contributed by atoms with E-state index in [9.17, 15) is 23.1 Å². The van der Waals surface area contributed by atoms with Gasteiger partial charge in [-0.15, -0.1) is 0 Å². The summed E-state index contributed by atoms with van der Waals surface area (Å²) < 4.78 is 44.0. The van der Waals surface area contributed by atoms with Gasteiger partial charge >= 0.3 is 12.2 Å². The van der Waals surface area contributed by atoms with Crippen molar-refractivity contribution in [3.05, 3.63) is 35.4 Å². The SMILES string of the molecule is O=C(N1CCOCC1)N1CC(O)CC1c1cccc(C(F)(F)F)c1. The van der Waals surface area contributed by atoms with Gasteiger partial charge in [-0.3, -0.25) is 0 Å². The van der Waals surface area contributed by atoms with Crippen molar-refractivity contribution in [3.63, 3.8) is 0 Å². The fraction of sp³-hybridized carbons (Fsp3) is 0.562. The minimum absolute atomic E-state index is 0.122. The molecule has 8 heteroatoms. The molecule has 2 amide bonds. The van der Waals surface area contributed by atoms with E-state index in [1.54, 1.807) is 11.0 Å². The molecule has 5 nitrogen and oxygen atoms in total. The van der Waals surface area contributed by atoms with Gasteiger partial charge in [0.1, 0.15) is 0 Å². The highest BCUT2D eigenvalue weighted by atomic mass is 19.4. The Balaban J connectivity index is 1.84. The van der Waals surface area contributed by atoms with Crippen LogP contribution in [0.3, 0.4) is 0 Å². The van der Waals surface area contributed by atoms with Crippen molar-refractivity contribution < 1.29 is 27.8 Å². The molecule has 2 atom stereocenters. The zero-order valence-corrected chi connectivity index (χ0v) is 13.0. The van der Waals surface area contributed by atoms with Crippen LogP contribution in [0.15, 0.2) is 24.3 Å². The van der Waals surface area contributed by atoms with Crippen molar-refractivity contribution in [2.24, 2.45) is 0 Å². The molecule has 2 fully saturated rings. The third-order valence-electron chi connectivity index (χ3n) is 4.41. The fourth-order valence-corrected chi connectivity index (χ4v) is 3.20. The Morgan fingerprint density at radius 1 is 1.25 bits per heavy atom. The van der Waals surface area contributed by atoms with E-state index >= 15 is 0 Å². The summed E-state index contributed by atoms with van der Waals surface area (Å²) in [4.78, 5) is 15.8. The maximum atomic E-state index is 12.9. The summed E-state index contributed by atoms with van der Waals surface area (Å²) in [6, 6.07) is 4.14. The second-order valence-electron chi connectivity index (χ2n) is 6.06. The lowest BCUT2D eigenvalue weighted by molar-refractivity contribution is -0.137. The van der Waals surface area contributed by atoms with E-state index in [1.807, 2.05) is 0 Å². The number of urea groups is 1. The third-order valence-corrected chi connectivity index (χ3v) is 4.41. The van der Waals surface area contributed by atoms with E-state index in [2.05, 4.69) is 0 Å². The number of aliphatic hydroxyl groups is 1. The van der Waals surface area contributed by atoms with Gasteiger partial charge < -0.3 is 19.6 Å². The standard InChI is InChI=1S/C16H19F3N2O3/c17-16(18,19)12-3-1-2-11(8-12)14-9-13(22)10-21(14)15(23)20-4-6-24-7-5-20/h1-3,8,13-14,22H,4-7,9-10H2. The topological polar surface area (TPSA) is 53.0 Å². The van der Waals surface area contributed by atoms with Gasteiger partial charge in [-0.25, -0.2) is 4.79 Å². The molecule has 24 heavy (non-hydrogen) atoms. The summed E-state index contributed by atoms with van der Waals surface area (Å²) in [5.74, 6) is 0. The van der Waals surface area contributed by atoms with Crippen LogP contribution in [0.2, 0.25) is 0 Å². The second-order valence-corrected chi connectivity index (χ2v) is 6.06. The number of morpholine rings is 1. The fourth-order valence-electron chi connectivity index (χ4n) is 3.20.